The van der Waals surface area contributed by atoms with E-state index in [9.17, 15) is 22.8 Å². The average molecular weight is 460 g/mol. The molecule has 1 heterocycles. The Hall–Kier alpha value is -4.28. The van der Waals surface area contributed by atoms with Crippen LogP contribution in [0.15, 0.2) is 60.8 Å². The summed E-state index contributed by atoms with van der Waals surface area (Å²) in [5.41, 5.74) is -0.292. The number of nitrogens with one attached hydrogen (secondary N) is 2. The first kappa shape index (κ1) is 23.4. The van der Waals surface area contributed by atoms with Crippen molar-refractivity contribution in [1.82, 2.24) is 4.98 Å². The summed E-state index contributed by atoms with van der Waals surface area (Å²) < 4.78 is 44.7. The van der Waals surface area contributed by atoms with Gasteiger partial charge in [-0.15, -0.1) is 0 Å². The first-order valence-corrected chi connectivity index (χ1v) is 9.47. The number of hydrogen-bond acceptors (Lipinski definition) is 5. The van der Waals surface area contributed by atoms with Crippen LogP contribution in [0.2, 0.25) is 0 Å². The third-order valence-electron chi connectivity index (χ3n) is 4.35. The van der Waals surface area contributed by atoms with E-state index in [0.717, 1.165) is 12.1 Å². The zero-order chi connectivity index (χ0) is 24.2. The minimum Gasteiger partial charge on any atom is -0.477 e. The van der Waals surface area contributed by atoms with E-state index in [1.165, 1.54) is 48.7 Å². The molecule has 0 fully saturated rings. The molecule has 0 aliphatic heterocycles. The number of pyridine rings is 1. The Morgan fingerprint density at radius 1 is 0.970 bits per heavy atom. The van der Waals surface area contributed by atoms with Crippen LogP contribution in [0.25, 0.3) is 0 Å². The number of urea groups is 1. The number of carboxylic acid groups (broad SMARTS) is 1. The lowest BCUT2D eigenvalue weighted by atomic mass is 10.1. The van der Waals surface area contributed by atoms with Gasteiger partial charge in [0.1, 0.15) is 11.5 Å². The Morgan fingerprint density at radius 2 is 1.67 bits per heavy atom. The van der Waals surface area contributed by atoms with E-state index in [0.29, 0.717) is 17.1 Å². The number of amides is 2. The third-order valence-corrected chi connectivity index (χ3v) is 4.35. The van der Waals surface area contributed by atoms with Crippen LogP contribution in [-0.2, 0) is 6.18 Å². The molecule has 33 heavy (non-hydrogen) atoms. The predicted octanol–water partition coefficient (Wildman–Crippen LogP) is 5.30. The lowest BCUT2D eigenvalue weighted by Crippen LogP contribution is -2.22. The normalized spacial score (nSPS) is 10.9. The number of ether oxygens (including phenoxy) is 1. The second-order valence-electron chi connectivity index (χ2n) is 7.01. The highest BCUT2D eigenvalue weighted by molar-refractivity contribution is 6.02. The fourth-order valence-corrected chi connectivity index (χ4v) is 2.82. The standard InChI is InChI=1S/C22H19F3N4O4/c1-29(2)19-8-3-13(22(23,24)25)11-17(19)28-21(32)27-14-4-6-15(7-5-14)33-16-9-10-26-18(12-16)20(30)31/h3-12H,1-2H3,(H,30,31)(H2,27,28,32). The SMILES string of the molecule is CN(C)c1ccc(C(F)(F)F)cc1NC(=O)Nc1ccc(Oc2ccnc(C(=O)O)c2)cc1. The zero-order valence-electron chi connectivity index (χ0n) is 17.5. The van der Waals surface area contributed by atoms with Crippen LogP contribution in [-0.4, -0.2) is 36.2 Å². The Morgan fingerprint density at radius 3 is 2.27 bits per heavy atom. The molecular formula is C22H19F3N4O4. The summed E-state index contributed by atoms with van der Waals surface area (Å²) >= 11 is 0. The van der Waals surface area contributed by atoms with Crippen LogP contribution in [0, 0.1) is 0 Å². The fourth-order valence-electron chi connectivity index (χ4n) is 2.82. The molecule has 0 aliphatic carbocycles. The second kappa shape index (κ2) is 9.47. The number of nitrogens with zero attached hydrogens (tertiary/aromatic N) is 2. The van der Waals surface area contributed by atoms with Crippen LogP contribution < -0.4 is 20.3 Å². The summed E-state index contributed by atoms with van der Waals surface area (Å²) in [6.45, 7) is 0. The van der Waals surface area contributed by atoms with Gasteiger partial charge in [0.2, 0.25) is 0 Å². The van der Waals surface area contributed by atoms with Crippen LogP contribution in [0.5, 0.6) is 11.5 Å². The predicted molar refractivity (Wildman–Crippen MR) is 116 cm³/mol. The maximum atomic E-state index is 13.1. The molecule has 3 N–H and O–H groups in total. The fraction of sp³-hybridized carbons (Fsp3) is 0.136. The van der Waals surface area contributed by atoms with Crippen LogP contribution in [0.1, 0.15) is 16.1 Å². The van der Waals surface area contributed by atoms with Crippen LogP contribution in [0.3, 0.4) is 0 Å². The molecule has 0 unspecified atom stereocenters. The highest BCUT2D eigenvalue weighted by atomic mass is 19.4. The van der Waals surface area contributed by atoms with Crippen molar-refractivity contribution < 1.29 is 32.6 Å². The second-order valence-corrected chi connectivity index (χ2v) is 7.01. The van der Waals surface area contributed by atoms with Crippen molar-refractivity contribution in [3.63, 3.8) is 0 Å². The molecular weight excluding hydrogens is 441 g/mol. The summed E-state index contributed by atoms with van der Waals surface area (Å²) in [5.74, 6) is -0.554. The summed E-state index contributed by atoms with van der Waals surface area (Å²) in [7, 11) is 3.29. The molecule has 0 atom stereocenters. The molecule has 2 amide bonds. The topological polar surface area (TPSA) is 104 Å². The van der Waals surface area contributed by atoms with Gasteiger partial charge in [0.25, 0.3) is 0 Å². The van der Waals surface area contributed by atoms with Crippen molar-refractivity contribution >= 4 is 29.1 Å². The average Bonchev–Trinajstić information content (AvgIpc) is 2.74. The minimum absolute atomic E-state index is 0.000741. The Bertz CT molecular complexity index is 1170. The first-order chi connectivity index (χ1) is 15.5. The van der Waals surface area contributed by atoms with Gasteiger partial charge >= 0.3 is 18.2 Å². The number of carbonyl (C=O) groups is 2. The van der Waals surface area contributed by atoms with Gasteiger partial charge in [0.05, 0.1) is 16.9 Å². The van der Waals surface area contributed by atoms with Gasteiger partial charge in [0.15, 0.2) is 5.69 Å². The number of carbonyl (C=O) groups excluding carboxylic acids is 1. The third kappa shape index (κ3) is 6.12. The molecule has 0 radical (unpaired) electrons. The van der Waals surface area contributed by atoms with E-state index >= 15 is 0 Å². The maximum absolute atomic E-state index is 13.1. The van der Waals surface area contributed by atoms with E-state index in [4.69, 9.17) is 9.84 Å². The lowest BCUT2D eigenvalue weighted by Gasteiger charge is -2.20. The van der Waals surface area contributed by atoms with Gasteiger partial charge in [-0.1, -0.05) is 0 Å². The molecule has 3 rings (SSSR count). The Labute approximate surface area is 186 Å². The van der Waals surface area contributed by atoms with Gasteiger partial charge in [-0.2, -0.15) is 13.2 Å². The molecule has 1 aromatic heterocycles. The quantitative estimate of drug-likeness (QED) is 0.461. The van der Waals surface area contributed by atoms with E-state index < -0.39 is 23.7 Å². The molecule has 0 aliphatic rings. The Kier molecular flexibility index (Phi) is 6.71. The van der Waals surface area contributed by atoms with E-state index in [-0.39, 0.29) is 17.1 Å². The molecule has 2 aromatic carbocycles. The summed E-state index contributed by atoms with van der Waals surface area (Å²) in [6.07, 6.45) is -3.25. The molecule has 11 heteroatoms. The highest BCUT2D eigenvalue weighted by Crippen LogP contribution is 2.35. The monoisotopic (exact) mass is 460 g/mol. The van der Waals surface area contributed by atoms with Gasteiger partial charge < -0.3 is 25.4 Å². The first-order valence-electron chi connectivity index (χ1n) is 9.47. The molecule has 0 saturated heterocycles. The Balaban J connectivity index is 1.69. The highest BCUT2D eigenvalue weighted by Gasteiger charge is 2.31. The molecule has 3 aromatic rings. The van der Waals surface area contributed by atoms with Gasteiger partial charge in [-0.25, -0.2) is 14.6 Å². The minimum atomic E-state index is -4.55. The maximum Gasteiger partial charge on any atom is 0.416 e. The van der Waals surface area contributed by atoms with Crippen molar-refractivity contribution in [3.8, 4) is 11.5 Å². The van der Waals surface area contributed by atoms with Crippen LogP contribution in [0.4, 0.5) is 35.0 Å². The number of halogens is 3. The molecule has 0 spiro atoms. The number of hydrogen-bond donors (Lipinski definition) is 3. The van der Waals surface area contributed by atoms with Gasteiger partial charge in [-0.3, -0.25) is 0 Å². The van der Waals surface area contributed by atoms with Crippen molar-refractivity contribution in [2.45, 2.75) is 6.18 Å². The summed E-state index contributed by atoms with van der Waals surface area (Å²) in [4.78, 5) is 28.6. The lowest BCUT2D eigenvalue weighted by molar-refractivity contribution is -0.137. The van der Waals surface area contributed by atoms with Crippen molar-refractivity contribution in [2.24, 2.45) is 0 Å². The molecule has 0 saturated carbocycles. The molecule has 172 valence electrons. The van der Waals surface area contributed by atoms with Crippen molar-refractivity contribution in [2.75, 3.05) is 29.6 Å². The molecule has 8 nitrogen and oxygen atoms in total. The number of carboxylic acids is 1. The van der Waals surface area contributed by atoms with Gasteiger partial charge in [-0.05, 0) is 48.5 Å². The number of aromatic nitrogens is 1. The number of benzene rings is 2. The van der Waals surface area contributed by atoms with Gasteiger partial charge in [0, 0.05) is 32.0 Å². The largest absolute Gasteiger partial charge is 0.477 e. The smallest absolute Gasteiger partial charge is 0.416 e. The van der Waals surface area contributed by atoms with E-state index in [1.54, 1.807) is 19.0 Å². The van der Waals surface area contributed by atoms with Crippen molar-refractivity contribution in [3.05, 3.63) is 72.1 Å². The number of alkyl halides is 3. The molecule has 0 bridgehead atoms. The van der Waals surface area contributed by atoms with Crippen LogP contribution >= 0.6 is 0 Å². The van der Waals surface area contributed by atoms with E-state index in [1.807, 2.05) is 0 Å². The number of rotatable bonds is 6. The zero-order valence-corrected chi connectivity index (χ0v) is 17.5. The summed E-state index contributed by atoms with van der Waals surface area (Å²) in [6, 6.07) is 11.2. The number of aromatic carboxylic acids is 1. The number of anilines is 3. The van der Waals surface area contributed by atoms with Crippen molar-refractivity contribution in [1.29, 1.82) is 0 Å². The van der Waals surface area contributed by atoms with E-state index in [2.05, 4.69) is 15.6 Å². The summed E-state index contributed by atoms with van der Waals surface area (Å²) in [5, 5.41) is 14.0.